The minimum Gasteiger partial charge on any atom is -0.463 e. The third-order valence-corrected chi connectivity index (χ3v) is 5.94. The maximum absolute atomic E-state index is 14.4. The molecule has 0 aromatic carbocycles. The van der Waals surface area contributed by atoms with E-state index in [2.05, 4.69) is 24.7 Å². The van der Waals surface area contributed by atoms with Crippen molar-refractivity contribution >= 4 is 19.9 Å². The number of rotatable bonds is 8. The lowest BCUT2D eigenvalue weighted by molar-refractivity contribution is -0.386. The van der Waals surface area contributed by atoms with Crippen molar-refractivity contribution in [3.05, 3.63) is 16.3 Å². The van der Waals surface area contributed by atoms with Gasteiger partial charge in [-0.3, -0.25) is 10.1 Å². The highest BCUT2D eigenvalue weighted by Crippen LogP contribution is 2.29. The Bertz CT molecular complexity index is 761. The number of aromatic nitrogens is 2. The second-order valence-electron chi connectivity index (χ2n) is 9.52. The molecule has 2 unspecified atom stereocenters. The summed E-state index contributed by atoms with van der Waals surface area (Å²) in [7, 11) is -1.25. The van der Waals surface area contributed by atoms with Gasteiger partial charge in [0, 0.05) is 14.7 Å². The SMILES string of the molecule is CC(C)(C)OC(=O)N1CC(F)C(Oc2nn(COCC[Si](C)(C)C)cc2[N+](=O)[O-])C1. The summed E-state index contributed by atoms with van der Waals surface area (Å²) < 4.78 is 31.9. The lowest BCUT2D eigenvalue weighted by Crippen LogP contribution is -2.36. The van der Waals surface area contributed by atoms with E-state index in [4.69, 9.17) is 14.2 Å². The van der Waals surface area contributed by atoms with Crippen LogP contribution in [-0.4, -0.2) is 71.3 Å². The van der Waals surface area contributed by atoms with Gasteiger partial charge in [0.1, 0.15) is 18.5 Å². The van der Waals surface area contributed by atoms with Gasteiger partial charge in [0.2, 0.25) is 0 Å². The van der Waals surface area contributed by atoms with E-state index in [9.17, 15) is 19.3 Å². The second-order valence-corrected chi connectivity index (χ2v) is 15.1. The number of carbonyl (C=O) groups is 1. The van der Waals surface area contributed by atoms with Crippen molar-refractivity contribution in [3.63, 3.8) is 0 Å². The molecular formula is C18H31FN4O6Si. The fraction of sp³-hybridized carbons (Fsp3) is 0.778. The van der Waals surface area contributed by atoms with Crippen molar-refractivity contribution in [2.45, 2.75) is 71.1 Å². The Balaban J connectivity index is 2.00. The minimum absolute atomic E-state index is 0.0302. The maximum atomic E-state index is 14.4. The van der Waals surface area contributed by atoms with Crippen LogP contribution < -0.4 is 4.74 Å². The molecule has 2 atom stereocenters. The first kappa shape index (κ1) is 24.1. The molecule has 0 aliphatic carbocycles. The van der Waals surface area contributed by atoms with E-state index in [1.807, 2.05) is 0 Å². The molecule has 1 fully saturated rings. The largest absolute Gasteiger partial charge is 0.463 e. The van der Waals surface area contributed by atoms with Gasteiger partial charge in [-0.25, -0.2) is 13.9 Å². The summed E-state index contributed by atoms with van der Waals surface area (Å²) in [5.41, 5.74) is -1.10. The predicted octanol–water partition coefficient (Wildman–Crippen LogP) is 3.44. The first-order chi connectivity index (χ1) is 13.7. The van der Waals surface area contributed by atoms with E-state index in [1.54, 1.807) is 20.8 Å². The van der Waals surface area contributed by atoms with Gasteiger partial charge >= 0.3 is 17.7 Å². The van der Waals surface area contributed by atoms with Crippen LogP contribution in [0.5, 0.6) is 5.88 Å². The second kappa shape index (κ2) is 9.29. The zero-order valence-electron chi connectivity index (χ0n) is 18.4. The van der Waals surface area contributed by atoms with Gasteiger partial charge in [0.05, 0.1) is 18.0 Å². The predicted molar refractivity (Wildman–Crippen MR) is 110 cm³/mol. The van der Waals surface area contributed by atoms with Gasteiger partial charge in [0.25, 0.3) is 0 Å². The lowest BCUT2D eigenvalue weighted by Gasteiger charge is -2.24. The molecule has 0 radical (unpaired) electrons. The summed E-state index contributed by atoms with van der Waals surface area (Å²) in [4.78, 5) is 24.0. The van der Waals surface area contributed by atoms with Crippen LogP contribution in [0.1, 0.15) is 20.8 Å². The summed E-state index contributed by atoms with van der Waals surface area (Å²) in [6.07, 6.45) is -2.06. The van der Waals surface area contributed by atoms with Gasteiger partial charge in [-0.2, -0.15) is 0 Å². The Labute approximate surface area is 176 Å². The van der Waals surface area contributed by atoms with Crippen molar-refractivity contribution in [2.75, 3.05) is 19.7 Å². The molecule has 10 nitrogen and oxygen atoms in total. The van der Waals surface area contributed by atoms with E-state index in [0.29, 0.717) is 6.61 Å². The van der Waals surface area contributed by atoms with Crippen LogP contribution in [0.3, 0.4) is 0 Å². The molecule has 1 aliphatic rings. The molecular weight excluding hydrogens is 415 g/mol. The number of amides is 1. The summed E-state index contributed by atoms with van der Waals surface area (Å²) in [6, 6.07) is 0.950. The molecule has 1 aromatic rings. The number of nitro groups is 1. The summed E-state index contributed by atoms with van der Waals surface area (Å²) in [5.74, 6) is -0.299. The van der Waals surface area contributed by atoms with E-state index in [1.165, 1.54) is 15.8 Å². The highest BCUT2D eigenvalue weighted by molar-refractivity contribution is 6.76. The third-order valence-electron chi connectivity index (χ3n) is 4.24. The molecule has 1 saturated heterocycles. The molecule has 30 heavy (non-hydrogen) atoms. The van der Waals surface area contributed by atoms with E-state index < -0.39 is 37.0 Å². The average Bonchev–Trinajstić information content (AvgIpc) is 3.14. The van der Waals surface area contributed by atoms with Gasteiger partial charge in [0.15, 0.2) is 12.3 Å². The molecule has 0 spiro atoms. The summed E-state index contributed by atoms with van der Waals surface area (Å²) in [6.45, 7) is 12.0. The van der Waals surface area contributed by atoms with Crippen molar-refractivity contribution in [1.29, 1.82) is 0 Å². The number of alkyl halides is 1. The molecule has 0 saturated carbocycles. The topological polar surface area (TPSA) is 109 Å². The Morgan fingerprint density at radius 2 is 2.03 bits per heavy atom. The zero-order chi connectivity index (χ0) is 22.7. The Morgan fingerprint density at radius 3 is 2.60 bits per heavy atom. The van der Waals surface area contributed by atoms with E-state index in [-0.39, 0.29) is 31.4 Å². The van der Waals surface area contributed by atoms with Gasteiger partial charge in [-0.05, 0) is 26.8 Å². The summed E-state index contributed by atoms with van der Waals surface area (Å²) >= 11 is 0. The van der Waals surface area contributed by atoms with Gasteiger partial charge in [-0.1, -0.05) is 19.6 Å². The Hall–Kier alpha value is -2.21. The number of hydrogen-bond donors (Lipinski definition) is 0. The lowest BCUT2D eigenvalue weighted by atomic mass is 10.2. The molecule has 1 aliphatic heterocycles. The fourth-order valence-electron chi connectivity index (χ4n) is 2.67. The molecule has 12 heteroatoms. The molecule has 1 aromatic heterocycles. The van der Waals surface area contributed by atoms with E-state index in [0.717, 1.165) is 6.04 Å². The number of likely N-dealkylation sites (tertiary alicyclic amines) is 1. The zero-order valence-corrected chi connectivity index (χ0v) is 19.4. The fourth-order valence-corrected chi connectivity index (χ4v) is 3.43. The molecule has 0 bridgehead atoms. The maximum Gasteiger partial charge on any atom is 0.410 e. The van der Waals surface area contributed by atoms with Crippen LogP contribution in [0.25, 0.3) is 0 Å². The van der Waals surface area contributed by atoms with Crippen molar-refractivity contribution < 1.29 is 28.3 Å². The number of hydrogen-bond acceptors (Lipinski definition) is 7. The monoisotopic (exact) mass is 446 g/mol. The van der Waals surface area contributed by atoms with Gasteiger partial charge in [-0.15, -0.1) is 5.10 Å². The third kappa shape index (κ3) is 7.24. The smallest absolute Gasteiger partial charge is 0.410 e. The molecule has 2 heterocycles. The normalized spacial score (nSPS) is 19.8. The molecule has 170 valence electrons. The van der Waals surface area contributed by atoms with Crippen LogP contribution in [0.15, 0.2) is 6.20 Å². The quantitative estimate of drug-likeness (QED) is 0.260. The van der Waals surface area contributed by atoms with Crippen LogP contribution in [0, 0.1) is 10.1 Å². The van der Waals surface area contributed by atoms with Gasteiger partial charge < -0.3 is 19.1 Å². The minimum atomic E-state index is -1.52. The van der Waals surface area contributed by atoms with E-state index >= 15 is 0 Å². The van der Waals surface area contributed by atoms with Crippen LogP contribution >= 0.6 is 0 Å². The standard InChI is InChI=1S/C18H31FN4O6Si/c1-18(2,3)29-17(24)21-9-13(19)15(11-21)28-16-14(23(25)26)10-22(20-16)12-27-7-8-30(4,5)6/h10,13,15H,7-9,11-12H2,1-6H3. The Morgan fingerprint density at radius 1 is 1.37 bits per heavy atom. The van der Waals surface area contributed by atoms with Crippen LogP contribution in [-0.2, 0) is 16.2 Å². The number of ether oxygens (including phenoxy) is 3. The summed E-state index contributed by atoms with van der Waals surface area (Å²) in [5, 5.41) is 15.4. The highest BCUT2D eigenvalue weighted by atomic mass is 28.3. The Kier molecular flexibility index (Phi) is 7.45. The van der Waals surface area contributed by atoms with Crippen molar-refractivity contribution in [1.82, 2.24) is 14.7 Å². The van der Waals surface area contributed by atoms with Crippen molar-refractivity contribution in [3.8, 4) is 5.88 Å². The highest BCUT2D eigenvalue weighted by Gasteiger charge is 2.40. The van der Waals surface area contributed by atoms with Crippen molar-refractivity contribution in [2.24, 2.45) is 0 Å². The first-order valence-electron chi connectivity index (χ1n) is 9.83. The van der Waals surface area contributed by atoms with Crippen LogP contribution in [0.2, 0.25) is 25.7 Å². The molecule has 0 N–H and O–H groups in total. The number of carbonyl (C=O) groups excluding carboxylic acids is 1. The average molecular weight is 447 g/mol. The molecule has 2 rings (SSSR count). The number of halogens is 1. The molecule has 1 amide bonds. The number of nitrogens with zero attached hydrogens (tertiary/aromatic N) is 4. The first-order valence-corrected chi connectivity index (χ1v) is 13.5. The van der Waals surface area contributed by atoms with Crippen LogP contribution in [0.4, 0.5) is 14.9 Å².